The highest BCUT2D eigenvalue weighted by Crippen LogP contribution is 2.49. The second-order valence-corrected chi connectivity index (χ2v) is 12.4. The molecule has 0 radical (unpaired) electrons. The van der Waals surface area contributed by atoms with Crippen molar-refractivity contribution in [1.29, 1.82) is 5.26 Å². The van der Waals surface area contributed by atoms with Crippen molar-refractivity contribution in [2.24, 2.45) is 10.6 Å². The molecule has 1 N–H and O–H groups in total. The number of hydrogen-bond donors (Lipinski definition) is 1. The Kier molecular flexibility index (Phi) is 6.74. The van der Waals surface area contributed by atoms with Gasteiger partial charge in [0.25, 0.3) is 0 Å². The van der Waals surface area contributed by atoms with Crippen LogP contribution in [0.2, 0.25) is 0 Å². The zero-order valence-corrected chi connectivity index (χ0v) is 23.7. The molecule has 0 amide bonds. The highest BCUT2D eigenvalue weighted by Gasteiger charge is 2.51. The molecule has 8 nitrogen and oxygen atoms in total. The normalized spacial score (nSPS) is 21.4. The summed E-state index contributed by atoms with van der Waals surface area (Å²) < 4.78 is 6.23. The molecule has 1 spiro atoms. The van der Waals surface area contributed by atoms with Crippen LogP contribution in [0.25, 0.3) is 11.1 Å². The smallest absolute Gasteiger partial charge is 0.309 e. The molecule has 4 aliphatic rings. The summed E-state index contributed by atoms with van der Waals surface area (Å²) in [7, 11) is 0. The van der Waals surface area contributed by atoms with E-state index in [0.717, 1.165) is 48.8 Å². The van der Waals surface area contributed by atoms with E-state index in [1.807, 2.05) is 26.0 Å². The Hall–Kier alpha value is -3.57. The Morgan fingerprint density at radius 2 is 1.98 bits per heavy atom. The quantitative estimate of drug-likeness (QED) is 0.508. The molecule has 1 saturated carbocycles. The van der Waals surface area contributed by atoms with Gasteiger partial charge in [0.05, 0.1) is 30.1 Å². The van der Waals surface area contributed by atoms with Crippen LogP contribution in [-0.2, 0) is 16.2 Å². The van der Waals surface area contributed by atoms with Gasteiger partial charge in [-0.2, -0.15) is 5.26 Å². The molecule has 8 heteroatoms. The Balaban J connectivity index is 1.14. The molecule has 2 aromatic rings. The number of aliphatic carboxylic acids is 1. The summed E-state index contributed by atoms with van der Waals surface area (Å²) in [5.74, 6) is 1.73. The predicted molar refractivity (Wildman–Crippen MR) is 152 cm³/mol. The van der Waals surface area contributed by atoms with Crippen molar-refractivity contribution in [3.8, 4) is 22.9 Å². The molecule has 0 unspecified atom stereocenters. The maximum absolute atomic E-state index is 11.6. The number of aryl methyl sites for hydroxylation is 1. The molecule has 3 fully saturated rings. The topological polar surface area (TPSA) is 98.4 Å². The molecule has 2 saturated heterocycles. The molecule has 6 rings (SSSR count). The molecule has 1 aliphatic carbocycles. The van der Waals surface area contributed by atoms with E-state index in [4.69, 9.17) is 9.57 Å². The summed E-state index contributed by atoms with van der Waals surface area (Å²) in [5.41, 5.74) is 5.77. The van der Waals surface area contributed by atoms with E-state index in [9.17, 15) is 15.2 Å². The standard InChI is InChI=1S/C32H38N4O4/c1-4-39-27-15-23(14-26(24-6-7-24)29(27)25-8-5-22(17-33)13-21(25)2)18-35-19-32(20-35)16-28(34-40-32)36-11-9-31(3,10-12-36)30(37)38/h5,8,13-15,24H,4,6-7,9-12,16,18-20H2,1-3H3,(H,37,38). The van der Waals surface area contributed by atoms with Gasteiger partial charge in [-0.25, -0.2) is 0 Å². The van der Waals surface area contributed by atoms with E-state index < -0.39 is 11.4 Å². The van der Waals surface area contributed by atoms with Crippen LogP contribution < -0.4 is 4.74 Å². The Bertz CT molecular complexity index is 1390. The Morgan fingerprint density at radius 3 is 2.60 bits per heavy atom. The van der Waals surface area contributed by atoms with Crippen molar-refractivity contribution in [2.75, 3.05) is 32.8 Å². The van der Waals surface area contributed by atoms with Crippen molar-refractivity contribution in [3.05, 3.63) is 52.6 Å². The molecule has 0 atom stereocenters. The highest BCUT2D eigenvalue weighted by atomic mass is 16.7. The van der Waals surface area contributed by atoms with Crippen LogP contribution in [0, 0.1) is 23.7 Å². The van der Waals surface area contributed by atoms with Gasteiger partial charge in [0.1, 0.15) is 11.6 Å². The fourth-order valence-electron chi connectivity index (χ4n) is 6.53. The van der Waals surface area contributed by atoms with Crippen molar-refractivity contribution in [1.82, 2.24) is 9.80 Å². The van der Waals surface area contributed by atoms with E-state index in [1.165, 1.54) is 29.5 Å². The Labute approximate surface area is 236 Å². The van der Waals surface area contributed by atoms with E-state index in [2.05, 4.69) is 46.1 Å². The fourth-order valence-corrected chi connectivity index (χ4v) is 6.53. The van der Waals surface area contributed by atoms with Crippen LogP contribution in [0.15, 0.2) is 35.5 Å². The average molecular weight is 543 g/mol. The predicted octanol–water partition coefficient (Wildman–Crippen LogP) is 5.28. The second-order valence-electron chi connectivity index (χ2n) is 12.4. The average Bonchev–Trinajstić information content (AvgIpc) is 3.67. The number of rotatable bonds is 7. The van der Waals surface area contributed by atoms with Crippen molar-refractivity contribution in [2.45, 2.75) is 70.9 Å². The van der Waals surface area contributed by atoms with Crippen LogP contribution in [0.5, 0.6) is 5.75 Å². The molecule has 210 valence electrons. The van der Waals surface area contributed by atoms with E-state index in [0.29, 0.717) is 44.0 Å². The number of amidine groups is 1. The van der Waals surface area contributed by atoms with Crippen molar-refractivity contribution >= 4 is 11.8 Å². The minimum absolute atomic E-state index is 0.273. The summed E-state index contributed by atoms with van der Waals surface area (Å²) >= 11 is 0. The molecule has 0 aromatic heterocycles. The SMILES string of the molecule is CCOc1cc(CN2CC3(CC(N4CCC(C)(C(=O)O)CC4)=NO3)C2)cc(C2CC2)c1-c1ccc(C#N)cc1C. The van der Waals surface area contributed by atoms with Crippen LogP contribution in [0.4, 0.5) is 0 Å². The molecule has 3 heterocycles. The summed E-state index contributed by atoms with van der Waals surface area (Å²) in [5, 5.41) is 23.3. The van der Waals surface area contributed by atoms with Gasteiger partial charge in [0.15, 0.2) is 5.60 Å². The molecular formula is C32H38N4O4. The summed E-state index contributed by atoms with van der Waals surface area (Å²) in [6.07, 6.45) is 4.43. The third-order valence-electron chi connectivity index (χ3n) is 9.14. The molecule has 0 bridgehead atoms. The summed E-state index contributed by atoms with van der Waals surface area (Å²) in [4.78, 5) is 22.2. The Morgan fingerprint density at radius 1 is 1.23 bits per heavy atom. The monoisotopic (exact) mass is 542 g/mol. The number of carboxylic acid groups (broad SMARTS) is 1. The van der Waals surface area contributed by atoms with E-state index >= 15 is 0 Å². The zero-order chi connectivity index (χ0) is 28.1. The molecular weight excluding hydrogens is 504 g/mol. The fraction of sp³-hybridized carbons (Fsp3) is 0.531. The van der Waals surface area contributed by atoms with Gasteiger partial charge < -0.3 is 19.6 Å². The summed E-state index contributed by atoms with van der Waals surface area (Å²) in [6.45, 7) is 10.4. The van der Waals surface area contributed by atoms with Gasteiger partial charge in [0.2, 0.25) is 0 Å². The first kappa shape index (κ1) is 26.6. The number of piperidine rings is 1. The lowest BCUT2D eigenvalue weighted by Crippen LogP contribution is -2.61. The number of nitrogens with zero attached hydrogens (tertiary/aromatic N) is 4. The maximum Gasteiger partial charge on any atom is 0.309 e. The summed E-state index contributed by atoms with van der Waals surface area (Å²) in [6, 6.07) is 12.7. The third-order valence-corrected chi connectivity index (χ3v) is 9.14. The van der Waals surface area contributed by atoms with E-state index in [-0.39, 0.29) is 5.60 Å². The maximum atomic E-state index is 11.6. The first-order valence-corrected chi connectivity index (χ1v) is 14.5. The lowest BCUT2D eigenvalue weighted by molar-refractivity contribution is -0.150. The number of likely N-dealkylation sites (tertiary alicyclic amines) is 2. The number of oxime groups is 1. The van der Waals surface area contributed by atoms with Gasteiger partial charge in [-0.3, -0.25) is 9.69 Å². The lowest BCUT2D eigenvalue weighted by atomic mass is 9.80. The number of carbonyl (C=O) groups is 1. The third kappa shape index (κ3) is 4.92. The van der Waals surface area contributed by atoms with E-state index in [1.54, 1.807) is 0 Å². The minimum atomic E-state index is -0.708. The van der Waals surface area contributed by atoms with Crippen molar-refractivity contribution < 1.29 is 19.5 Å². The van der Waals surface area contributed by atoms with Gasteiger partial charge >= 0.3 is 5.97 Å². The molecule has 2 aromatic carbocycles. The second kappa shape index (κ2) is 10.1. The minimum Gasteiger partial charge on any atom is -0.493 e. The van der Waals surface area contributed by atoms with Crippen LogP contribution >= 0.6 is 0 Å². The largest absolute Gasteiger partial charge is 0.493 e. The highest BCUT2D eigenvalue weighted by molar-refractivity contribution is 5.85. The number of ether oxygens (including phenoxy) is 1. The lowest BCUT2D eigenvalue weighted by Gasteiger charge is -2.46. The molecule has 3 aliphatic heterocycles. The van der Waals surface area contributed by atoms with Crippen LogP contribution in [0.3, 0.4) is 0 Å². The number of hydrogen-bond acceptors (Lipinski definition) is 7. The first-order valence-electron chi connectivity index (χ1n) is 14.5. The number of nitriles is 1. The van der Waals surface area contributed by atoms with Gasteiger partial charge in [-0.15, -0.1) is 0 Å². The van der Waals surface area contributed by atoms with Crippen LogP contribution in [-0.4, -0.2) is 65.1 Å². The number of benzene rings is 2. The zero-order valence-electron chi connectivity index (χ0n) is 23.7. The van der Waals surface area contributed by atoms with Gasteiger partial charge in [-0.05, 0) is 92.8 Å². The first-order chi connectivity index (χ1) is 19.2. The van der Waals surface area contributed by atoms with Gasteiger partial charge in [-0.1, -0.05) is 17.3 Å². The van der Waals surface area contributed by atoms with Crippen molar-refractivity contribution in [3.63, 3.8) is 0 Å². The van der Waals surface area contributed by atoms with Crippen LogP contribution in [0.1, 0.15) is 74.1 Å². The van der Waals surface area contributed by atoms with Gasteiger partial charge in [0, 0.05) is 38.3 Å². The number of carboxylic acids is 1. The molecule has 40 heavy (non-hydrogen) atoms.